The van der Waals surface area contributed by atoms with E-state index in [0.717, 1.165) is 82.4 Å². The third-order valence-electron chi connectivity index (χ3n) is 11.0. The van der Waals surface area contributed by atoms with Crippen LogP contribution in [0.15, 0.2) is 54.7 Å². The Hall–Kier alpha value is -4.78. The standard InChI is InChI=1S/C38H47N5O6.C5H8O/c1-6-42-33-12-11-26(27-16-25(17-28(45)19-27)18-32(40-23-44)37(48)43-15-8-7-14-41-43)20-30(33)31(21-38(3,4)22-34(46)47)36(42)29-10-9-13-39-35(29)24(2)49-5;1-4-2-6-3-5(1)4/h9-13,16-17,19-20,23-24,32,41,45H,6-8,14-15,18,21-22H2,1-5H3,(H,40,44)(H,46,47);4-5H,1-3H2. The number of aliphatic carboxylic acids is 1. The SMILES string of the molecule is C1OCC2CC12.CCn1c(-c2cccnc2C(C)OC)c(CC(C)(C)CC(=O)O)c2cc(-c3cc(O)cc(CC(NC=O)C(=O)N4CCCCN4)c3)ccc21. The van der Waals surface area contributed by atoms with Gasteiger partial charge in [-0.1, -0.05) is 26.0 Å². The molecule has 55 heavy (non-hydrogen) atoms. The molecule has 1 saturated carbocycles. The van der Waals surface area contributed by atoms with E-state index in [0.29, 0.717) is 38.0 Å². The summed E-state index contributed by atoms with van der Waals surface area (Å²) in [7, 11) is 1.66. The van der Waals surface area contributed by atoms with E-state index < -0.39 is 17.4 Å². The van der Waals surface area contributed by atoms with Gasteiger partial charge in [0, 0.05) is 69.0 Å². The minimum Gasteiger partial charge on any atom is -0.508 e. The molecular formula is C43H55N5O7. The molecule has 2 aromatic heterocycles. The lowest BCUT2D eigenvalue weighted by Crippen LogP contribution is -2.54. The zero-order chi connectivity index (χ0) is 39.3. The number of aromatic hydroxyl groups is 1. The fraction of sp³-hybridized carbons (Fsp3) is 0.488. The van der Waals surface area contributed by atoms with Gasteiger partial charge >= 0.3 is 5.97 Å². The van der Waals surface area contributed by atoms with Crippen LogP contribution in [0.25, 0.3) is 33.3 Å². The third kappa shape index (κ3) is 9.37. The summed E-state index contributed by atoms with van der Waals surface area (Å²) in [5.74, 6) is 0.947. The summed E-state index contributed by atoms with van der Waals surface area (Å²) in [6, 6.07) is 14.5. The van der Waals surface area contributed by atoms with Gasteiger partial charge in [-0.05, 0) is 115 Å². The minimum absolute atomic E-state index is 0.00310. The molecule has 4 heterocycles. The van der Waals surface area contributed by atoms with Gasteiger partial charge in [-0.2, -0.15) is 0 Å². The fourth-order valence-corrected chi connectivity index (χ4v) is 8.07. The number of benzene rings is 2. The Labute approximate surface area is 323 Å². The van der Waals surface area contributed by atoms with Gasteiger partial charge in [0.15, 0.2) is 0 Å². The number of aromatic nitrogens is 2. The molecular weight excluding hydrogens is 699 g/mol. The van der Waals surface area contributed by atoms with Crippen molar-refractivity contribution in [2.24, 2.45) is 17.3 Å². The Bertz CT molecular complexity index is 1990. The van der Waals surface area contributed by atoms with E-state index in [1.807, 2.05) is 45.0 Å². The van der Waals surface area contributed by atoms with E-state index in [1.165, 1.54) is 6.42 Å². The summed E-state index contributed by atoms with van der Waals surface area (Å²) in [6.07, 6.45) is 6.04. The number of hydrogen-bond acceptors (Lipinski definition) is 8. The van der Waals surface area contributed by atoms with Crippen LogP contribution in [0, 0.1) is 17.3 Å². The molecule has 294 valence electrons. The monoisotopic (exact) mass is 753 g/mol. The summed E-state index contributed by atoms with van der Waals surface area (Å²) in [5.41, 5.74) is 9.56. The molecule has 0 radical (unpaired) electrons. The molecule has 12 nitrogen and oxygen atoms in total. The lowest BCUT2D eigenvalue weighted by Gasteiger charge is -2.30. The van der Waals surface area contributed by atoms with Crippen LogP contribution in [-0.4, -0.2) is 82.5 Å². The Balaban J connectivity index is 0.000000769. The number of phenols is 1. The summed E-state index contributed by atoms with van der Waals surface area (Å²) in [5, 5.41) is 25.8. The number of methoxy groups -OCH3 is 1. The van der Waals surface area contributed by atoms with E-state index in [4.69, 9.17) is 14.5 Å². The van der Waals surface area contributed by atoms with Gasteiger partial charge in [-0.3, -0.25) is 24.4 Å². The predicted octanol–water partition coefficient (Wildman–Crippen LogP) is 6.28. The first-order valence-electron chi connectivity index (χ1n) is 19.4. The van der Waals surface area contributed by atoms with Crippen LogP contribution in [-0.2, 0) is 43.2 Å². The molecule has 2 aliphatic heterocycles. The number of carbonyl (C=O) groups is 3. The summed E-state index contributed by atoms with van der Waals surface area (Å²) >= 11 is 0. The number of phenolic OH excluding ortho intramolecular Hbond substituents is 1. The number of ether oxygens (including phenoxy) is 2. The van der Waals surface area contributed by atoms with E-state index in [2.05, 4.69) is 34.4 Å². The Morgan fingerprint density at radius 1 is 1.13 bits per heavy atom. The zero-order valence-corrected chi connectivity index (χ0v) is 32.6. The second-order valence-electron chi connectivity index (χ2n) is 15.9. The Kier molecular flexibility index (Phi) is 12.6. The molecule has 2 saturated heterocycles. The van der Waals surface area contributed by atoms with Crippen LogP contribution in [0.2, 0.25) is 0 Å². The molecule has 4 atom stereocenters. The number of carboxylic acids is 1. The highest BCUT2D eigenvalue weighted by Gasteiger charge is 2.41. The third-order valence-corrected chi connectivity index (χ3v) is 11.0. The van der Waals surface area contributed by atoms with Crippen molar-refractivity contribution in [3.63, 3.8) is 0 Å². The molecule has 2 aromatic carbocycles. The molecule has 7 rings (SSSR count). The number of aryl methyl sites for hydroxylation is 1. The number of hydrogen-bond donors (Lipinski definition) is 4. The number of amides is 2. The van der Waals surface area contributed by atoms with Crippen LogP contribution < -0.4 is 10.7 Å². The minimum atomic E-state index is -0.856. The van der Waals surface area contributed by atoms with E-state index in [9.17, 15) is 24.6 Å². The fourth-order valence-electron chi connectivity index (χ4n) is 8.07. The van der Waals surface area contributed by atoms with E-state index in [-0.39, 0.29) is 30.6 Å². The van der Waals surface area contributed by atoms with Crippen molar-refractivity contribution in [1.82, 2.24) is 25.3 Å². The highest BCUT2D eigenvalue weighted by atomic mass is 16.5. The quantitative estimate of drug-likeness (QED) is 0.109. The molecule has 12 heteroatoms. The maximum absolute atomic E-state index is 13.3. The molecule has 4 unspecified atom stereocenters. The van der Waals surface area contributed by atoms with Crippen molar-refractivity contribution >= 4 is 29.2 Å². The first-order chi connectivity index (χ1) is 26.4. The number of pyridine rings is 1. The van der Waals surface area contributed by atoms with Gasteiger partial charge in [0.1, 0.15) is 11.8 Å². The highest BCUT2D eigenvalue weighted by molar-refractivity contribution is 5.95. The smallest absolute Gasteiger partial charge is 0.303 e. The molecule has 0 spiro atoms. The van der Waals surface area contributed by atoms with Gasteiger partial charge in [0.2, 0.25) is 6.41 Å². The van der Waals surface area contributed by atoms with Gasteiger partial charge in [-0.25, -0.2) is 5.43 Å². The summed E-state index contributed by atoms with van der Waals surface area (Å²) < 4.78 is 13.1. The van der Waals surface area contributed by atoms with Crippen LogP contribution in [0.3, 0.4) is 0 Å². The number of fused-ring (bicyclic) bond motifs is 2. The molecule has 1 aliphatic carbocycles. The van der Waals surface area contributed by atoms with Crippen molar-refractivity contribution in [3.05, 3.63) is 71.5 Å². The molecule has 4 aromatic rings. The van der Waals surface area contributed by atoms with Crippen molar-refractivity contribution in [2.75, 3.05) is 33.4 Å². The number of hydrazine groups is 1. The molecule has 4 N–H and O–H groups in total. The maximum atomic E-state index is 13.3. The number of carboxylic acid groups (broad SMARTS) is 1. The Morgan fingerprint density at radius 2 is 1.91 bits per heavy atom. The second-order valence-corrected chi connectivity index (χ2v) is 15.9. The van der Waals surface area contributed by atoms with Gasteiger partial charge in [0.25, 0.3) is 5.91 Å². The number of nitrogens with one attached hydrogen (secondary N) is 2. The van der Waals surface area contributed by atoms with Crippen molar-refractivity contribution < 1.29 is 34.1 Å². The van der Waals surface area contributed by atoms with Gasteiger partial charge in [0.05, 0.1) is 23.9 Å². The average molecular weight is 754 g/mol. The van der Waals surface area contributed by atoms with E-state index in [1.54, 1.807) is 30.4 Å². The van der Waals surface area contributed by atoms with Gasteiger partial charge in [-0.15, -0.1) is 0 Å². The van der Waals surface area contributed by atoms with E-state index >= 15 is 0 Å². The lowest BCUT2D eigenvalue weighted by molar-refractivity contribution is -0.139. The Morgan fingerprint density at radius 3 is 2.53 bits per heavy atom. The van der Waals surface area contributed by atoms with Crippen LogP contribution in [0.1, 0.15) is 76.3 Å². The van der Waals surface area contributed by atoms with Crippen LogP contribution in [0.4, 0.5) is 0 Å². The first kappa shape index (κ1) is 39.9. The number of carbonyl (C=O) groups excluding carboxylic acids is 2. The van der Waals surface area contributed by atoms with Crippen molar-refractivity contribution in [3.8, 4) is 28.1 Å². The normalized spacial score (nSPS) is 18.9. The van der Waals surface area contributed by atoms with Crippen LogP contribution >= 0.6 is 0 Å². The molecule has 2 amide bonds. The molecule has 3 aliphatic rings. The van der Waals surface area contributed by atoms with Gasteiger partial charge < -0.3 is 29.6 Å². The molecule has 3 fully saturated rings. The predicted molar refractivity (Wildman–Crippen MR) is 211 cm³/mol. The zero-order valence-electron chi connectivity index (χ0n) is 32.6. The second kappa shape index (κ2) is 17.3. The molecule has 0 bridgehead atoms. The number of nitrogens with zero attached hydrogens (tertiary/aromatic N) is 3. The lowest BCUT2D eigenvalue weighted by atomic mass is 9.81. The maximum Gasteiger partial charge on any atom is 0.303 e. The average Bonchev–Trinajstić information content (AvgIpc) is 3.64. The highest BCUT2D eigenvalue weighted by Crippen LogP contribution is 2.44. The first-order valence-corrected chi connectivity index (χ1v) is 19.4. The van der Waals surface area contributed by atoms with Crippen molar-refractivity contribution in [1.29, 1.82) is 0 Å². The summed E-state index contributed by atoms with van der Waals surface area (Å²) in [4.78, 5) is 41.4. The largest absolute Gasteiger partial charge is 0.508 e. The van der Waals surface area contributed by atoms with Crippen molar-refractivity contribution in [2.45, 2.75) is 84.9 Å². The topological polar surface area (TPSA) is 155 Å². The van der Waals surface area contributed by atoms with Crippen LogP contribution in [0.5, 0.6) is 5.75 Å². The summed E-state index contributed by atoms with van der Waals surface area (Å²) in [6.45, 7) is 12.0. The number of rotatable bonds is 14.